The molecule has 150 valence electrons. The Morgan fingerprint density at radius 2 is 1.97 bits per heavy atom. The van der Waals surface area contributed by atoms with Crippen LogP contribution in [0.2, 0.25) is 0 Å². The summed E-state index contributed by atoms with van der Waals surface area (Å²) in [7, 11) is 0. The van der Waals surface area contributed by atoms with E-state index in [2.05, 4.69) is 10.1 Å². The summed E-state index contributed by atoms with van der Waals surface area (Å²) >= 11 is 0. The summed E-state index contributed by atoms with van der Waals surface area (Å²) in [4.78, 5) is 18.8. The molecule has 6 nitrogen and oxygen atoms in total. The van der Waals surface area contributed by atoms with Crippen LogP contribution in [0.15, 0.2) is 59.1 Å². The summed E-state index contributed by atoms with van der Waals surface area (Å²) in [5.74, 6) is 1.39. The lowest BCUT2D eigenvalue weighted by molar-refractivity contribution is -0.130. The molecule has 1 unspecified atom stereocenters. The van der Waals surface area contributed by atoms with E-state index >= 15 is 0 Å². The molecule has 0 spiro atoms. The average Bonchev–Trinajstić information content (AvgIpc) is 3.42. The van der Waals surface area contributed by atoms with Gasteiger partial charge in [0.2, 0.25) is 5.91 Å². The van der Waals surface area contributed by atoms with Gasteiger partial charge in [-0.1, -0.05) is 35.5 Å². The third-order valence-electron chi connectivity index (χ3n) is 5.04. The van der Waals surface area contributed by atoms with Gasteiger partial charge in [-0.2, -0.15) is 4.98 Å². The lowest BCUT2D eigenvalue weighted by Crippen LogP contribution is -2.28. The third-order valence-corrected chi connectivity index (χ3v) is 5.04. The first kappa shape index (κ1) is 19.1. The van der Waals surface area contributed by atoms with Crippen molar-refractivity contribution in [3.05, 3.63) is 77.7 Å². The Labute approximate surface area is 168 Å². The SMILES string of the molecule is O=C(CCc1ccccc1)N1CCC(c2noc(COc3ccc(F)cc3)n2)C1. The Morgan fingerprint density at radius 1 is 1.17 bits per heavy atom. The largest absolute Gasteiger partial charge is 0.484 e. The van der Waals surface area contributed by atoms with Crippen molar-refractivity contribution in [2.75, 3.05) is 13.1 Å². The molecule has 1 aromatic heterocycles. The van der Waals surface area contributed by atoms with Gasteiger partial charge in [-0.05, 0) is 42.7 Å². The number of nitrogens with zero attached hydrogens (tertiary/aromatic N) is 3. The molecule has 1 amide bonds. The maximum absolute atomic E-state index is 12.9. The summed E-state index contributed by atoms with van der Waals surface area (Å²) in [6.07, 6.45) is 2.06. The molecular weight excluding hydrogens is 373 g/mol. The van der Waals surface area contributed by atoms with Crippen LogP contribution in [-0.4, -0.2) is 34.0 Å². The van der Waals surface area contributed by atoms with Gasteiger partial charge in [-0.25, -0.2) is 4.39 Å². The average molecular weight is 395 g/mol. The van der Waals surface area contributed by atoms with Crippen molar-refractivity contribution in [2.24, 2.45) is 0 Å². The number of carbonyl (C=O) groups excluding carboxylic acids is 1. The van der Waals surface area contributed by atoms with E-state index in [-0.39, 0.29) is 24.2 Å². The Kier molecular flexibility index (Phi) is 5.84. The number of carbonyl (C=O) groups is 1. The lowest BCUT2D eigenvalue weighted by atomic mass is 10.1. The van der Waals surface area contributed by atoms with Crippen LogP contribution in [0, 0.1) is 5.82 Å². The molecule has 0 bridgehead atoms. The molecule has 2 aromatic carbocycles. The van der Waals surface area contributed by atoms with E-state index < -0.39 is 0 Å². The number of hydrogen-bond donors (Lipinski definition) is 0. The molecular formula is C22H22FN3O3. The normalized spacial score (nSPS) is 16.2. The summed E-state index contributed by atoms with van der Waals surface area (Å²) in [6, 6.07) is 15.8. The van der Waals surface area contributed by atoms with E-state index in [1.807, 2.05) is 35.2 Å². The summed E-state index contributed by atoms with van der Waals surface area (Å²) in [5, 5.41) is 4.05. The number of aryl methyl sites for hydroxylation is 1. The molecule has 1 aliphatic heterocycles. The van der Waals surface area contributed by atoms with Gasteiger partial charge >= 0.3 is 0 Å². The summed E-state index contributed by atoms with van der Waals surface area (Å²) < 4.78 is 23.7. The minimum absolute atomic E-state index is 0.0685. The number of halogens is 1. The van der Waals surface area contributed by atoms with E-state index in [1.165, 1.54) is 17.7 Å². The van der Waals surface area contributed by atoms with Crippen molar-refractivity contribution >= 4 is 5.91 Å². The van der Waals surface area contributed by atoms with Gasteiger partial charge in [0.05, 0.1) is 0 Å². The quantitative estimate of drug-likeness (QED) is 0.610. The first-order chi connectivity index (χ1) is 14.2. The molecule has 0 N–H and O–H groups in total. The zero-order valence-electron chi connectivity index (χ0n) is 16.0. The molecule has 1 aliphatic rings. The monoisotopic (exact) mass is 395 g/mol. The number of ether oxygens (including phenoxy) is 1. The van der Waals surface area contributed by atoms with Gasteiger partial charge in [-0.3, -0.25) is 4.79 Å². The molecule has 2 heterocycles. The molecule has 4 rings (SSSR count). The summed E-state index contributed by atoms with van der Waals surface area (Å²) in [6.45, 7) is 1.42. The zero-order valence-corrected chi connectivity index (χ0v) is 16.0. The van der Waals surface area contributed by atoms with Crippen molar-refractivity contribution in [1.82, 2.24) is 15.0 Å². The smallest absolute Gasteiger partial charge is 0.264 e. The minimum atomic E-state index is -0.318. The highest BCUT2D eigenvalue weighted by molar-refractivity contribution is 5.76. The molecule has 1 saturated heterocycles. The van der Waals surface area contributed by atoms with Gasteiger partial charge in [-0.15, -0.1) is 0 Å². The fourth-order valence-electron chi connectivity index (χ4n) is 3.42. The van der Waals surface area contributed by atoms with E-state index in [9.17, 15) is 9.18 Å². The van der Waals surface area contributed by atoms with Gasteiger partial charge in [0.25, 0.3) is 5.89 Å². The molecule has 7 heteroatoms. The standard InChI is InChI=1S/C22H22FN3O3/c23-18-7-9-19(10-8-18)28-15-20-24-22(25-29-20)17-12-13-26(14-17)21(27)11-6-16-4-2-1-3-5-16/h1-5,7-10,17H,6,11-15H2. The van der Waals surface area contributed by atoms with Gasteiger partial charge in [0.15, 0.2) is 12.4 Å². The predicted molar refractivity (Wildman–Crippen MR) is 104 cm³/mol. The Morgan fingerprint density at radius 3 is 2.76 bits per heavy atom. The van der Waals surface area contributed by atoms with E-state index in [0.29, 0.717) is 37.0 Å². The molecule has 3 aromatic rings. The fourth-order valence-corrected chi connectivity index (χ4v) is 3.42. The number of amides is 1. The number of likely N-dealkylation sites (tertiary alicyclic amines) is 1. The lowest BCUT2D eigenvalue weighted by Gasteiger charge is -2.15. The van der Waals surface area contributed by atoms with Crippen molar-refractivity contribution in [2.45, 2.75) is 31.8 Å². The third kappa shape index (κ3) is 4.99. The first-order valence-corrected chi connectivity index (χ1v) is 9.70. The highest BCUT2D eigenvalue weighted by atomic mass is 19.1. The zero-order chi connectivity index (χ0) is 20.1. The van der Waals surface area contributed by atoms with Crippen molar-refractivity contribution in [1.29, 1.82) is 0 Å². The van der Waals surface area contributed by atoms with Crippen LogP contribution in [0.5, 0.6) is 5.75 Å². The number of aromatic nitrogens is 2. The number of benzene rings is 2. The van der Waals surface area contributed by atoms with Gasteiger partial charge in [0, 0.05) is 25.4 Å². The van der Waals surface area contributed by atoms with E-state index in [4.69, 9.17) is 9.26 Å². The summed E-state index contributed by atoms with van der Waals surface area (Å²) in [5.41, 5.74) is 1.17. The second-order valence-electron chi connectivity index (χ2n) is 7.10. The van der Waals surface area contributed by atoms with E-state index in [0.717, 1.165) is 12.8 Å². The van der Waals surface area contributed by atoms with Crippen LogP contribution in [0.25, 0.3) is 0 Å². The molecule has 0 saturated carbocycles. The van der Waals surface area contributed by atoms with Crippen LogP contribution in [-0.2, 0) is 17.8 Å². The maximum Gasteiger partial charge on any atom is 0.264 e. The van der Waals surface area contributed by atoms with Crippen molar-refractivity contribution in [3.63, 3.8) is 0 Å². The minimum Gasteiger partial charge on any atom is -0.484 e. The van der Waals surface area contributed by atoms with Crippen LogP contribution in [0.3, 0.4) is 0 Å². The number of hydrogen-bond acceptors (Lipinski definition) is 5. The highest BCUT2D eigenvalue weighted by Crippen LogP contribution is 2.26. The highest BCUT2D eigenvalue weighted by Gasteiger charge is 2.30. The van der Waals surface area contributed by atoms with Crippen LogP contribution >= 0.6 is 0 Å². The Bertz CT molecular complexity index is 943. The molecule has 0 aliphatic carbocycles. The predicted octanol–water partition coefficient (Wildman–Crippen LogP) is 3.74. The maximum atomic E-state index is 12.9. The van der Waals surface area contributed by atoms with Crippen molar-refractivity contribution < 1.29 is 18.4 Å². The van der Waals surface area contributed by atoms with Crippen LogP contribution in [0.4, 0.5) is 4.39 Å². The van der Waals surface area contributed by atoms with Crippen LogP contribution < -0.4 is 4.74 Å². The second-order valence-corrected chi connectivity index (χ2v) is 7.10. The molecule has 1 fully saturated rings. The van der Waals surface area contributed by atoms with Gasteiger partial charge < -0.3 is 14.2 Å². The second kappa shape index (κ2) is 8.86. The van der Waals surface area contributed by atoms with E-state index in [1.54, 1.807) is 12.1 Å². The molecule has 29 heavy (non-hydrogen) atoms. The Hall–Kier alpha value is -3.22. The Balaban J connectivity index is 1.26. The molecule has 1 atom stereocenters. The topological polar surface area (TPSA) is 68.5 Å². The van der Waals surface area contributed by atoms with Gasteiger partial charge in [0.1, 0.15) is 11.6 Å². The van der Waals surface area contributed by atoms with Crippen LogP contribution in [0.1, 0.15) is 36.0 Å². The first-order valence-electron chi connectivity index (χ1n) is 9.70. The van der Waals surface area contributed by atoms with Crippen molar-refractivity contribution in [3.8, 4) is 5.75 Å². The molecule has 0 radical (unpaired) electrons. The number of rotatable bonds is 7. The fraction of sp³-hybridized carbons (Fsp3) is 0.318.